The van der Waals surface area contributed by atoms with Crippen molar-refractivity contribution in [2.24, 2.45) is 0 Å². The van der Waals surface area contributed by atoms with E-state index in [0.717, 1.165) is 17.0 Å². The first-order chi connectivity index (χ1) is 13.5. The average molecular weight is 399 g/mol. The van der Waals surface area contributed by atoms with E-state index in [9.17, 15) is 4.79 Å². The SMILES string of the molecule is COc1cccc(C(CNC(=O)C=Cc2c(Cl)nc3ccccn23)N(C)C)c1. The summed E-state index contributed by atoms with van der Waals surface area (Å²) in [5, 5.41) is 3.31. The molecule has 6 nitrogen and oxygen atoms in total. The second-order valence-corrected chi connectivity index (χ2v) is 6.91. The summed E-state index contributed by atoms with van der Waals surface area (Å²) < 4.78 is 7.14. The Kier molecular flexibility index (Phi) is 6.34. The van der Waals surface area contributed by atoms with Crippen molar-refractivity contribution in [1.29, 1.82) is 0 Å². The molecule has 0 spiro atoms. The largest absolute Gasteiger partial charge is 0.497 e. The predicted octanol–water partition coefficient (Wildman–Crippen LogP) is 3.43. The highest BCUT2D eigenvalue weighted by Crippen LogP contribution is 2.22. The van der Waals surface area contributed by atoms with Gasteiger partial charge in [-0.25, -0.2) is 4.98 Å². The van der Waals surface area contributed by atoms with Crippen LogP contribution >= 0.6 is 11.6 Å². The Morgan fingerprint density at radius 2 is 2.14 bits per heavy atom. The Balaban J connectivity index is 1.69. The summed E-state index contributed by atoms with van der Waals surface area (Å²) in [5.74, 6) is 0.592. The quantitative estimate of drug-likeness (QED) is 0.619. The van der Waals surface area contributed by atoms with Gasteiger partial charge in [0.2, 0.25) is 5.91 Å². The minimum Gasteiger partial charge on any atom is -0.497 e. The highest BCUT2D eigenvalue weighted by Gasteiger charge is 2.15. The molecular formula is C21H23ClN4O2. The monoisotopic (exact) mass is 398 g/mol. The van der Waals surface area contributed by atoms with Gasteiger partial charge in [0.1, 0.15) is 11.4 Å². The second-order valence-electron chi connectivity index (χ2n) is 6.55. The number of benzene rings is 1. The second kappa shape index (κ2) is 8.91. The van der Waals surface area contributed by atoms with Crippen LogP contribution in [0.4, 0.5) is 0 Å². The summed E-state index contributed by atoms with van der Waals surface area (Å²) in [6, 6.07) is 13.5. The topological polar surface area (TPSA) is 58.9 Å². The van der Waals surface area contributed by atoms with E-state index in [2.05, 4.69) is 15.2 Å². The van der Waals surface area contributed by atoms with Crippen LogP contribution in [0.5, 0.6) is 5.75 Å². The number of amides is 1. The number of aromatic nitrogens is 2. The number of hydrogen-bond donors (Lipinski definition) is 1. The molecule has 1 atom stereocenters. The zero-order chi connectivity index (χ0) is 20.1. The Morgan fingerprint density at radius 1 is 1.32 bits per heavy atom. The van der Waals surface area contributed by atoms with E-state index in [-0.39, 0.29) is 11.9 Å². The summed E-state index contributed by atoms with van der Waals surface area (Å²) in [6.45, 7) is 0.463. The minimum atomic E-state index is -0.198. The molecule has 2 aromatic heterocycles. The molecule has 7 heteroatoms. The summed E-state index contributed by atoms with van der Waals surface area (Å²) in [6.07, 6.45) is 5.01. The van der Waals surface area contributed by atoms with Crippen molar-refractivity contribution in [2.75, 3.05) is 27.7 Å². The Bertz CT molecular complexity index is 997. The van der Waals surface area contributed by atoms with Crippen LogP contribution < -0.4 is 10.1 Å². The number of methoxy groups -OCH3 is 1. The molecule has 1 unspecified atom stereocenters. The maximum Gasteiger partial charge on any atom is 0.244 e. The lowest BCUT2D eigenvalue weighted by atomic mass is 10.1. The zero-order valence-electron chi connectivity index (χ0n) is 16.1. The van der Waals surface area contributed by atoms with E-state index >= 15 is 0 Å². The van der Waals surface area contributed by atoms with Crippen molar-refractivity contribution in [2.45, 2.75) is 6.04 Å². The number of nitrogens with one attached hydrogen (secondary N) is 1. The van der Waals surface area contributed by atoms with E-state index in [0.29, 0.717) is 17.4 Å². The third-order valence-electron chi connectivity index (χ3n) is 4.49. The molecule has 28 heavy (non-hydrogen) atoms. The number of pyridine rings is 1. The third-order valence-corrected chi connectivity index (χ3v) is 4.76. The number of likely N-dealkylation sites (N-methyl/N-ethyl adjacent to an activating group) is 1. The van der Waals surface area contributed by atoms with Crippen LogP contribution in [0.1, 0.15) is 17.3 Å². The number of halogens is 1. The molecule has 0 saturated heterocycles. The van der Waals surface area contributed by atoms with E-state index in [4.69, 9.17) is 16.3 Å². The molecule has 1 aromatic carbocycles. The van der Waals surface area contributed by atoms with E-state index in [1.165, 1.54) is 6.08 Å². The van der Waals surface area contributed by atoms with Crippen LogP contribution in [0.25, 0.3) is 11.7 Å². The van der Waals surface area contributed by atoms with Crippen molar-refractivity contribution >= 4 is 29.2 Å². The molecule has 2 heterocycles. The van der Waals surface area contributed by atoms with Gasteiger partial charge < -0.3 is 15.0 Å². The highest BCUT2D eigenvalue weighted by molar-refractivity contribution is 6.31. The van der Waals surface area contributed by atoms with E-state index in [1.54, 1.807) is 13.2 Å². The van der Waals surface area contributed by atoms with Crippen LogP contribution in [-0.2, 0) is 4.79 Å². The number of carbonyl (C=O) groups excluding carboxylic acids is 1. The summed E-state index contributed by atoms with van der Waals surface area (Å²) in [7, 11) is 5.59. The molecule has 3 aromatic rings. The van der Waals surface area contributed by atoms with E-state index < -0.39 is 0 Å². The fraction of sp³-hybridized carbons (Fsp3) is 0.238. The van der Waals surface area contributed by atoms with E-state index in [1.807, 2.05) is 67.2 Å². The molecule has 0 aliphatic heterocycles. The molecule has 0 radical (unpaired) electrons. The van der Waals surface area contributed by atoms with Crippen molar-refractivity contribution in [1.82, 2.24) is 19.6 Å². The molecule has 0 aliphatic carbocycles. The van der Waals surface area contributed by atoms with Gasteiger partial charge in [0.25, 0.3) is 0 Å². The molecule has 1 amide bonds. The lowest BCUT2D eigenvalue weighted by Gasteiger charge is -2.25. The third kappa shape index (κ3) is 4.52. The number of carbonyl (C=O) groups is 1. The van der Waals surface area contributed by atoms with Crippen LogP contribution in [-0.4, -0.2) is 47.9 Å². The lowest BCUT2D eigenvalue weighted by Crippen LogP contribution is -2.33. The summed E-state index contributed by atoms with van der Waals surface area (Å²) >= 11 is 6.20. The van der Waals surface area contributed by atoms with Gasteiger partial charge >= 0.3 is 0 Å². The Morgan fingerprint density at radius 3 is 2.89 bits per heavy atom. The highest BCUT2D eigenvalue weighted by atomic mass is 35.5. The smallest absolute Gasteiger partial charge is 0.244 e. The molecular weight excluding hydrogens is 376 g/mol. The maximum atomic E-state index is 12.4. The molecule has 0 saturated carbocycles. The fourth-order valence-corrected chi connectivity index (χ4v) is 3.23. The van der Waals surface area contributed by atoms with Gasteiger partial charge in [-0.05, 0) is 50.0 Å². The van der Waals surface area contributed by atoms with Crippen molar-refractivity contribution < 1.29 is 9.53 Å². The summed E-state index contributed by atoms with van der Waals surface area (Å²) in [4.78, 5) is 18.7. The van der Waals surface area contributed by atoms with Gasteiger partial charge in [-0.15, -0.1) is 0 Å². The maximum absolute atomic E-state index is 12.4. The average Bonchev–Trinajstić information content (AvgIpc) is 3.01. The van der Waals surface area contributed by atoms with Crippen molar-refractivity contribution in [3.8, 4) is 5.75 Å². The van der Waals surface area contributed by atoms with Gasteiger partial charge in [0.15, 0.2) is 5.15 Å². The number of nitrogens with zero attached hydrogens (tertiary/aromatic N) is 3. The van der Waals surface area contributed by atoms with Gasteiger partial charge in [0, 0.05) is 18.8 Å². The predicted molar refractivity (Wildman–Crippen MR) is 112 cm³/mol. The molecule has 146 valence electrons. The standard InChI is InChI=1S/C21H23ClN4O2/c1-25(2)18(15-7-6-8-16(13-15)28-3)14-23-20(27)11-10-17-21(22)24-19-9-4-5-12-26(17)19/h4-13,18H,14H2,1-3H3,(H,23,27). The fourth-order valence-electron chi connectivity index (χ4n) is 2.99. The first-order valence-electron chi connectivity index (χ1n) is 8.88. The molecule has 3 rings (SSSR count). The van der Waals surface area contributed by atoms with Crippen molar-refractivity contribution in [3.63, 3.8) is 0 Å². The molecule has 0 fully saturated rings. The van der Waals surface area contributed by atoms with Crippen molar-refractivity contribution in [3.05, 3.63) is 71.1 Å². The number of hydrogen-bond acceptors (Lipinski definition) is 4. The van der Waals surface area contributed by atoms with Crippen LogP contribution in [0.3, 0.4) is 0 Å². The molecule has 1 N–H and O–H groups in total. The normalized spacial score (nSPS) is 12.6. The van der Waals surface area contributed by atoms with Gasteiger partial charge in [-0.1, -0.05) is 29.8 Å². The number of fused-ring (bicyclic) bond motifs is 1. The van der Waals surface area contributed by atoms with Gasteiger partial charge in [-0.2, -0.15) is 0 Å². The number of imidazole rings is 1. The molecule has 0 bridgehead atoms. The number of ether oxygens (including phenoxy) is 1. The zero-order valence-corrected chi connectivity index (χ0v) is 16.8. The van der Waals surface area contributed by atoms with Crippen LogP contribution in [0.15, 0.2) is 54.7 Å². The Hall–Kier alpha value is -2.83. The lowest BCUT2D eigenvalue weighted by molar-refractivity contribution is -0.116. The first kappa shape index (κ1) is 19.9. The number of rotatable bonds is 7. The Labute approximate surface area is 169 Å². The van der Waals surface area contributed by atoms with Gasteiger partial charge in [-0.3, -0.25) is 9.20 Å². The summed E-state index contributed by atoms with van der Waals surface area (Å²) in [5.41, 5.74) is 2.47. The van der Waals surface area contributed by atoms with Crippen LogP contribution in [0, 0.1) is 0 Å². The molecule has 0 aliphatic rings. The van der Waals surface area contributed by atoms with Crippen LogP contribution in [0.2, 0.25) is 5.15 Å². The minimum absolute atomic E-state index is 0.0202. The van der Waals surface area contributed by atoms with Gasteiger partial charge in [0.05, 0.1) is 18.8 Å². The first-order valence-corrected chi connectivity index (χ1v) is 9.26.